The van der Waals surface area contributed by atoms with Gasteiger partial charge in [0.2, 0.25) is 11.8 Å². The van der Waals surface area contributed by atoms with E-state index in [1.54, 1.807) is 18.3 Å². The molecule has 2 fully saturated rings. The molecule has 2 amide bonds. The molecule has 2 N–H and O–H groups in total. The van der Waals surface area contributed by atoms with E-state index in [0.717, 1.165) is 6.54 Å². The molecule has 10 heteroatoms. The van der Waals surface area contributed by atoms with Crippen molar-refractivity contribution < 1.29 is 14.0 Å². The molecule has 1 atom stereocenters. The van der Waals surface area contributed by atoms with Crippen molar-refractivity contribution in [3.63, 3.8) is 0 Å². The molecule has 0 spiro atoms. The number of carbonyl (C=O) groups is 2. The Labute approximate surface area is 233 Å². The summed E-state index contributed by atoms with van der Waals surface area (Å²) in [5.41, 5.74) is 2.52. The molecule has 2 aromatic carbocycles. The van der Waals surface area contributed by atoms with Crippen LogP contribution in [-0.4, -0.2) is 70.8 Å². The highest BCUT2D eigenvalue weighted by Gasteiger charge is 2.44. The fraction of sp³-hybridized carbons (Fsp3) is 0.414. The smallest absolute Gasteiger partial charge is 0.248 e. The van der Waals surface area contributed by atoms with Crippen LogP contribution in [0, 0.1) is 12.7 Å². The fourth-order valence-electron chi connectivity index (χ4n) is 5.59. The molecule has 0 radical (unpaired) electrons. The molecule has 8 nitrogen and oxygen atoms in total. The van der Waals surface area contributed by atoms with E-state index >= 15 is 0 Å². The minimum Gasteiger partial charge on any atom is -0.365 e. The molecule has 1 aromatic heterocycles. The van der Waals surface area contributed by atoms with Crippen molar-refractivity contribution in [3.8, 4) is 11.3 Å². The SMILES string of the molecule is Cc1cccc(N2CCN(C(=O)C3(NC(=O)Cn4ccc(-c5ccc(Cl)c(F)c5)n4)CCNCC3)CC2C)c1. The Bertz CT molecular complexity index is 1360. The maximum absolute atomic E-state index is 14.0. The first-order valence-electron chi connectivity index (χ1n) is 13.4. The van der Waals surface area contributed by atoms with E-state index in [-0.39, 0.29) is 29.4 Å². The Morgan fingerprint density at radius 3 is 2.67 bits per heavy atom. The van der Waals surface area contributed by atoms with Crippen LogP contribution in [0.3, 0.4) is 0 Å². The van der Waals surface area contributed by atoms with Crippen molar-refractivity contribution >= 4 is 29.1 Å². The first-order chi connectivity index (χ1) is 18.7. The second-order valence-corrected chi connectivity index (χ2v) is 10.9. The number of rotatable bonds is 6. The van der Waals surface area contributed by atoms with Crippen molar-refractivity contribution in [3.05, 3.63) is 71.1 Å². The van der Waals surface area contributed by atoms with Crippen molar-refractivity contribution in [2.45, 2.75) is 44.8 Å². The molecule has 5 rings (SSSR count). The van der Waals surface area contributed by atoms with E-state index in [1.165, 1.54) is 28.1 Å². The Morgan fingerprint density at radius 2 is 1.95 bits per heavy atom. The van der Waals surface area contributed by atoms with Gasteiger partial charge in [0, 0.05) is 43.1 Å². The summed E-state index contributed by atoms with van der Waals surface area (Å²) in [5, 5.41) is 10.9. The highest BCUT2D eigenvalue weighted by molar-refractivity contribution is 6.30. The van der Waals surface area contributed by atoms with Crippen molar-refractivity contribution in [2.75, 3.05) is 37.6 Å². The number of amides is 2. The van der Waals surface area contributed by atoms with Gasteiger partial charge < -0.3 is 20.4 Å². The van der Waals surface area contributed by atoms with E-state index < -0.39 is 11.4 Å². The van der Waals surface area contributed by atoms with Gasteiger partial charge in [-0.2, -0.15) is 5.10 Å². The van der Waals surface area contributed by atoms with Gasteiger partial charge in [-0.3, -0.25) is 14.3 Å². The van der Waals surface area contributed by atoms with Crippen molar-refractivity contribution in [2.24, 2.45) is 0 Å². The highest BCUT2D eigenvalue weighted by atomic mass is 35.5. The topological polar surface area (TPSA) is 82.5 Å². The number of nitrogens with zero attached hydrogens (tertiary/aromatic N) is 4. The van der Waals surface area contributed by atoms with Crippen molar-refractivity contribution in [1.29, 1.82) is 0 Å². The average molecular weight is 553 g/mol. The lowest BCUT2D eigenvalue weighted by Gasteiger charge is -2.46. The molecule has 39 heavy (non-hydrogen) atoms. The number of piperazine rings is 1. The third-order valence-corrected chi connectivity index (χ3v) is 7.96. The lowest BCUT2D eigenvalue weighted by molar-refractivity contribution is -0.144. The number of halogens is 2. The first-order valence-corrected chi connectivity index (χ1v) is 13.8. The number of aromatic nitrogens is 2. The molecular weight excluding hydrogens is 519 g/mol. The molecule has 2 saturated heterocycles. The van der Waals surface area contributed by atoms with Crippen LogP contribution in [0.2, 0.25) is 5.02 Å². The van der Waals surface area contributed by atoms with Gasteiger partial charge in [0.15, 0.2) is 0 Å². The zero-order valence-electron chi connectivity index (χ0n) is 22.3. The van der Waals surface area contributed by atoms with Crippen LogP contribution in [0.15, 0.2) is 54.7 Å². The number of aryl methyl sites for hydroxylation is 1. The van der Waals surface area contributed by atoms with E-state index in [4.69, 9.17) is 11.6 Å². The molecule has 1 unspecified atom stereocenters. The summed E-state index contributed by atoms with van der Waals surface area (Å²) in [5.74, 6) is -0.832. The van der Waals surface area contributed by atoms with Crippen molar-refractivity contribution in [1.82, 2.24) is 25.3 Å². The maximum Gasteiger partial charge on any atom is 0.248 e. The summed E-state index contributed by atoms with van der Waals surface area (Å²) >= 11 is 5.79. The summed E-state index contributed by atoms with van der Waals surface area (Å²) in [6, 6.07) is 14.8. The number of benzene rings is 2. The summed E-state index contributed by atoms with van der Waals surface area (Å²) in [7, 11) is 0. The van der Waals surface area contributed by atoms with Crippen LogP contribution < -0.4 is 15.5 Å². The zero-order chi connectivity index (χ0) is 27.6. The second kappa shape index (κ2) is 11.4. The van der Waals surface area contributed by atoms with Gasteiger partial charge in [-0.1, -0.05) is 29.8 Å². The maximum atomic E-state index is 14.0. The molecule has 206 valence electrons. The standard InChI is InChI=1S/C29H34ClFN6O2/c1-20-4-3-5-23(16-20)37-15-14-35(18-21(37)2)28(39)29(9-11-32-12-10-29)33-27(38)19-36-13-8-26(34-36)22-6-7-24(30)25(31)17-22/h3-8,13,16-17,21,32H,9-12,14-15,18-19H2,1-2H3,(H,33,38). The van der Waals surface area contributed by atoms with E-state index in [9.17, 15) is 14.0 Å². The van der Waals surface area contributed by atoms with E-state index in [2.05, 4.69) is 58.7 Å². The molecular formula is C29H34ClFN6O2. The molecule has 2 aliphatic rings. The van der Waals surface area contributed by atoms with Gasteiger partial charge in [0.1, 0.15) is 17.9 Å². The predicted molar refractivity (Wildman–Crippen MR) is 150 cm³/mol. The number of hydrogen-bond acceptors (Lipinski definition) is 5. The summed E-state index contributed by atoms with van der Waals surface area (Å²) in [6.07, 6.45) is 2.72. The molecule has 3 heterocycles. The number of nitrogens with one attached hydrogen (secondary N) is 2. The Hall–Kier alpha value is -3.43. The lowest BCUT2D eigenvalue weighted by Crippen LogP contribution is -2.66. The monoisotopic (exact) mass is 552 g/mol. The van der Waals surface area contributed by atoms with Gasteiger partial charge in [-0.15, -0.1) is 0 Å². The van der Waals surface area contributed by atoms with Gasteiger partial charge >= 0.3 is 0 Å². The van der Waals surface area contributed by atoms with Crippen LogP contribution in [0.25, 0.3) is 11.3 Å². The Morgan fingerprint density at radius 1 is 1.15 bits per heavy atom. The third kappa shape index (κ3) is 5.94. The highest BCUT2D eigenvalue weighted by Crippen LogP contribution is 2.27. The summed E-state index contributed by atoms with van der Waals surface area (Å²) in [6.45, 7) is 7.41. The minimum absolute atomic E-state index is 0.0223. The second-order valence-electron chi connectivity index (χ2n) is 10.5. The molecule has 2 aliphatic heterocycles. The summed E-state index contributed by atoms with van der Waals surface area (Å²) < 4.78 is 15.4. The van der Waals surface area contributed by atoms with Crippen LogP contribution in [0.4, 0.5) is 10.1 Å². The quantitative estimate of drug-likeness (QED) is 0.488. The number of carbonyl (C=O) groups excluding carboxylic acids is 2. The normalized spacial score (nSPS) is 19.1. The lowest BCUT2D eigenvalue weighted by atomic mass is 9.86. The zero-order valence-corrected chi connectivity index (χ0v) is 23.0. The number of hydrogen-bond donors (Lipinski definition) is 2. The average Bonchev–Trinajstić information content (AvgIpc) is 3.38. The van der Waals surface area contributed by atoms with E-state index in [0.29, 0.717) is 50.3 Å². The number of anilines is 1. The minimum atomic E-state index is -0.956. The summed E-state index contributed by atoms with van der Waals surface area (Å²) in [4.78, 5) is 31.4. The van der Waals surface area contributed by atoms with E-state index in [1.807, 2.05) is 4.90 Å². The molecule has 0 bridgehead atoms. The molecule has 0 saturated carbocycles. The third-order valence-electron chi connectivity index (χ3n) is 7.65. The fourth-order valence-corrected chi connectivity index (χ4v) is 5.71. The van der Waals surface area contributed by atoms with Gasteiger partial charge in [-0.25, -0.2) is 4.39 Å². The van der Waals surface area contributed by atoms with Crippen LogP contribution >= 0.6 is 11.6 Å². The van der Waals surface area contributed by atoms with Gasteiger partial charge in [-0.05, 0) is 75.7 Å². The van der Waals surface area contributed by atoms with Crippen LogP contribution in [-0.2, 0) is 16.1 Å². The van der Waals surface area contributed by atoms with Crippen LogP contribution in [0.1, 0.15) is 25.3 Å². The molecule has 0 aliphatic carbocycles. The Balaban J connectivity index is 1.26. The van der Waals surface area contributed by atoms with Crippen LogP contribution in [0.5, 0.6) is 0 Å². The Kier molecular flexibility index (Phi) is 7.91. The number of piperidine rings is 1. The predicted octanol–water partition coefficient (Wildman–Crippen LogP) is 3.63. The van der Waals surface area contributed by atoms with Gasteiger partial charge in [0.25, 0.3) is 0 Å². The molecule has 3 aromatic rings. The van der Waals surface area contributed by atoms with Gasteiger partial charge in [0.05, 0.1) is 10.7 Å². The first kappa shape index (κ1) is 27.1. The largest absolute Gasteiger partial charge is 0.365 e.